The summed E-state index contributed by atoms with van der Waals surface area (Å²) in [6.45, 7) is 0.446. The summed E-state index contributed by atoms with van der Waals surface area (Å²) >= 11 is 0. The second kappa shape index (κ2) is 10.7. The number of hydrogen-bond donors (Lipinski definition) is 1. The number of nitrogens with zero attached hydrogens (tertiary/aromatic N) is 2. The normalized spacial score (nSPS) is 11.7. The lowest BCUT2D eigenvalue weighted by Crippen LogP contribution is -2.31. The van der Waals surface area contributed by atoms with Crippen LogP contribution in [0.3, 0.4) is 0 Å². The number of ether oxygens (including phenoxy) is 3. The number of benzene rings is 3. The van der Waals surface area contributed by atoms with Gasteiger partial charge in [-0.05, 0) is 35.6 Å². The Morgan fingerprint density at radius 1 is 1.03 bits per heavy atom. The summed E-state index contributed by atoms with van der Waals surface area (Å²) in [5.74, 6) is 2.75. The third-order valence-electron chi connectivity index (χ3n) is 5.68. The number of nitrogens with one attached hydrogen (secondary N) is 1. The summed E-state index contributed by atoms with van der Waals surface area (Å²) < 4.78 is 18.7. The number of rotatable bonds is 10. The molecule has 1 atom stereocenters. The molecule has 0 radical (unpaired) electrons. The second-order valence-electron chi connectivity index (χ2n) is 7.97. The smallest absolute Gasteiger partial charge is 0.220 e. The van der Waals surface area contributed by atoms with Crippen LogP contribution in [0.2, 0.25) is 0 Å². The minimum absolute atomic E-state index is 0.0868. The number of aryl methyl sites for hydroxylation is 1. The maximum atomic E-state index is 12.9. The SMILES string of the molecule is COc1cc(OC)cc(C(NC(=O)CCCOc2cccc3ccccc23)c2nccn2C)c1. The first-order valence-corrected chi connectivity index (χ1v) is 11.2. The van der Waals surface area contributed by atoms with Crippen molar-refractivity contribution in [1.82, 2.24) is 14.9 Å². The minimum Gasteiger partial charge on any atom is -0.497 e. The number of amides is 1. The van der Waals surface area contributed by atoms with E-state index in [2.05, 4.69) is 22.4 Å². The second-order valence-corrected chi connectivity index (χ2v) is 7.97. The molecule has 0 bridgehead atoms. The van der Waals surface area contributed by atoms with Crippen LogP contribution in [-0.2, 0) is 11.8 Å². The summed E-state index contributed by atoms with van der Waals surface area (Å²) in [7, 11) is 5.10. The van der Waals surface area contributed by atoms with E-state index >= 15 is 0 Å². The Morgan fingerprint density at radius 2 is 1.76 bits per heavy atom. The quantitative estimate of drug-likeness (QED) is 0.349. The maximum absolute atomic E-state index is 12.9. The van der Waals surface area contributed by atoms with Gasteiger partial charge in [0.05, 0.1) is 20.8 Å². The highest BCUT2D eigenvalue weighted by Crippen LogP contribution is 2.30. The first kappa shape index (κ1) is 23.2. The van der Waals surface area contributed by atoms with E-state index in [9.17, 15) is 4.79 Å². The fourth-order valence-corrected chi connectivity index (χ4v) is 3.92. The lowest BCUT2D eigenvalue weighted by Gasteiger charge is -2.20. The molecule has 3 aromatic carbocycles. The lowest BCUT2D eigenvalue weighted by molar-refractivity contribution is -0.121. The fourth-order valence-electron chi connectivity index (χ4n) is 3.92. The van der Waals surface area contributed by atoms with Gasteiger partial charge in [0, 0.05) is 37.3 Å². The molecule has 176 valence electrons. The Morgan fingerprint density at radius 3 is 2.47 bits per heavy atom. The molecule has 1 N–H and O–H groups in total. The van der Waals surface area contributed by atoms with Crippen LogP contribution in [0.1, 0.15) is 30.3 Å². The largest absolute Gasteiger partial charge is 0.497 e. The Kier molecular flexibility index (Phi) is 7.32. The van der Waals surface area contributed by atoms with Crippen LogP contribution in [0.25, 0.3) is 10.8 Å². The molecule has 0 aliphatic carbocycles. The van der Waals surface area contributed by atoms with E-state index in [0.717, 1.165) is 27.9 Å². The summed E-state index contributed by atoms with van der Waals surface area (Å²) in [6.07, 6.45) is 4.48. The highest BCUT2D eigenvalue weighted by molar-refractivity contribution is 5.88. The highest BCUT2D eigenvalue weighted by Gasteiger charge is 2.22. The van der Waals surface area contributed by atoms with Crippen LogP contribution in [0.4, 0.5) is 0 Å². The molecule has 0 spiro atoms. The van der Waals surface area contributed by atoms with Gasteiger partial charge >= 0.3 is 0 Å². The van der Waals surface area contributed by atoms with E-state index in [1.54, 1.807) is 26.5 Å². The number of hydrogen-bond acceptors (Lipinski definition) is 5. The van der Waals surface area contributed by atoms with E-state index in [0.29, 0.717) is 30.9 Å². The molecule has 4 rings (SSSR count). The summed E-state index contributed by atoms with van der Waals surface area (Å²) in [5.41, 5.74) is 0.825. The molecule has 1 unspecified atom stereocenters. The van der Waals surface area contributed by atoms with E-state index in [1.807, 2.05) is 60.3 Å². The molecule has 0 saturated carbocycles. The molecule has 0 aliphatic heterocycles. The van der Waals surface area contributed by atoms with Crippen molar-refractivity contribution in [3.63, 3.8) is 0 Å². The van der Waals surface area contributed by atoms with E-state index < -0.39 is 6.04 Å². The van der Waals surface area contributed by atoms with Gasteiger partial charge in [-0.2, -0.15) is 0 Å². The van der Waals surface area contributed by atoms with Gasteiger partial charge in [0.25, 0.3) is 0 Å². The van der Waals surface area contributed by atoms with Crippen LogP contribution in [-0.4, -0.2) is 36.3 Å². The minimum atomic E-state index is -0.449. The number of imidazole rings is 1. The average Bonchev–Trinajstić information content (AvgIpc) is 3.30. The molecule has 7 heteroatoms. The van der Waals surface area contributed by atoms with Crippen LogP contribution >= 0.6 is 0 Å². The monoisotopic (exact) mass is 459 g/mol. The Hall–Kier alpha value is -4.00. The Balaban J connectivity index is 1.43. The van der Waals surface area contributed by atoms with Crippen molar-refractivity contribution in [2.24, 2.45) is 7.05 Å². The molecule has 1 aromatic heterocycles. The van der Waals surface area contributed by atoms with Gasteiger partial charge in [-0.3, -0.25) is 4.79 Å². The van der Waals surface area contributed by atoms with Crippen molar-refractivity contribution in [2.45, 2.75) is 18.9 Å². The fraction of sp³-hybridized carbons (Fsp3) is 0.259. The Bertz CT molecular complexity index is 1240. The maximum Gasteiger partial charge on any atom is 0.220 e. The van der Waals surface area contributed by atoms with Crippen molar-refractivity contribution >= 4 is 16.7 Å². The summed E-state index contributed by atoms with van der Waals surface area (Å²) in [5, 5.41) is 5.31. The van der Waals surface area contributed by atoms with Crippen LogP contribution < -0.4 is 19.5 Å². The van der Waals surface area contributed by atoms with Crippen LogP contribution in [0.5, 0.6) is 17.2 Å². The van der Waals surface area contributed by atoms with Gasteiger partial charge < -0.3 is 24.1 Å². The molecule has 4 aromatic rings. The molecule has 34 heavy (non-hydrogen) atoms. The number of carbonyl (C=O) groups excluding carboxylic acids is 1. The number of methoxy groups -OCH3 is 2. The predicted octanol–water partition coefficient (Wildman–Crippen LogP) is 4.66. The van der Waals surface area contributed by atoms with Gasteiger partial charge in [0.1, 0.15) is 29.1 Å². The zero-order valence-electron chi connectivity index (χ0n) is 19.7. The van der Waals surface area contributed by atoms with Gasteiger partial charge in [-0.25, -0.2) is 4.98 Å². The average molecular weight is 460 g/mol. The lowest BCUT2D eigenvalue weighted by atomic mass is 10.0. The first-order valence-electron chi connectivity index (χ1n) is 11.2. The summed E-state index contributed by atoms with van der Waals surface area (Å²) in [4.78, 5) is 17.4. The van der Waals surface area contributed by atoms with Crippen molar-refractivity contribution in [1.29, 1.82) is 0 Å². The standard InChI is InChI=1S/C27H29N3O4/c1-30-14-13-28-27(30)26(20-16-21(32-2)18-22(17-20)33-3)29-25(31)12-7-15-34-24-11-6-9-19-8-4-5-10-23(19)24/h4-6,8-11,13-14,16-18,26H,7,12,15H2,1-3H3,(H,29,31). The van der Waals surface area contributed by atoms with Gasteiger partial charge in [-0.15, -0.1) is 0 Å². The molecule has 0 fully saturated rings. The van der Waals surface area contributed by atoms with Crippen LogP contribution in [0, 0.1) is 0 Å². The van der Waals surface area contributed by atoms with Gasteiger partial charge in [0.15, 0.2) is 0 Å². The molecule has 0 aliphatic rings. The topological polar surface area (TPSA) is 74.6 Å². The van der Waals surface area contributed by atoms with Crippen molar-refractivity contribution in [2.75, 3.05) is 20.8 Å². The zero-order chi connectivity index (χ0) is 23.9. The van der Waals surface area contributed by atoms with Crippen molar-refractivity contribution in [3.8, 4) is 17.2 Å². The molecular weight excluding hydrogens is 430 g/mol. The molecule has 7 nitrogen and oxygen atoms in total. The van der Waals surface area contributed by atoms with Crippen molar-refractivity contribution < 1.29 is 19.0 Å². The van der Waals surface area contributed by atoms with Gasteiger partial charge in [0.2, 0.25) is 5.91 Å². The number of carbonyl (C=O) groups is 1. The molecule has 0 saturated heterocycles. The van der Waals surface area contributed by atoms with E-state index in [-0.39, 0.29) is 5.91 Å². The Labute approximate surface area is 199 Å². The number of aromatic nitrogens is 2. The van der Waals surface area contributed by atoms with Crippen molar-refractivity contribution in [3.05, 3.63) is 84.4 Å². The third kappa shape index (κ3) is 5.31. The van der Waals surface area contributed by atoms with Crippen LogP contribution in [0.15, 0.2) is 73.1 Å². The molecule has 1 amide bonds. The van der Waals surface area contributed by atoms with E-state index in [4.69, 9.17) is 14.2 Å². The first-order chi connectivity index (χ1) is 16.6. The van der Waals surface area contributed by atoms with E-state index in [1.165, 1.54) is 0 Å². The number of fused-ring (bicyclic) bond motifs is 1. The molecule has 1 heterocycles. The predicted molar refractivity (Wildman–Crippen MR) is 131 cm³/mol. The summed E-state index contributed by atoms with van der Waals surface area (Å²) in [6, 6.07) is 19.2. The zero-order valence-corrected chi connectivity index (χ0v) is 19.7. The third-order valence-corrected chi connectivity index (χ3v) is 5.68. The molecular formula is C27H29N3O4. The van der Waals surface area contributed by atoms with Gasteiger partial charge in [-0.1, -0.05) is 36.4 Å². The highest BCUT2D eigenvalue weighted by atomic mass is 16.5.